The molecule has 0 bridgehead atoms. The Morgan fingerprint density at radius 3 is 2.16 bits per heavy atom. The first-order valence-electron chi connectivity index (χ1n) is 14.2. The van der Waals surface area contributed by atoms with Crippen molar-refractivity contribution >= 4 is 43.5 Å². The second-order valence-corrected chi connectivity index (χ2v) is 13.0. The van der Waals surface area contributed by atoms with Crippen molar-refractivity contribution in [1.29, 1.82) is 0 Å². The fourth-order valence-corrected chi connectivity index (χ4v) is 6.65. The first-order chi connectivity index (χ1) is 21.1. The molecule has 0 radical (unpaired) electrons. The molecule has 10 heteroatoms. The van der Waals surface area contributed by atoms with Gasteiger partial charge in [0.15, 0.2) is 0 Å². The van der Waals surface area contributed by atoms with Crippen LogP contribution in [-0.4, -0.2) is 51.4 Å². The number of halogens is 1. The number of nitrogens with zero attached hydrogens (tertiary/aromatic N) is 2. The number of rotatable bonds is 13. The first-order valence-corrected chi connectivity index (χ1v) is 16.5. The lowest BCUT2D eigenvalue weighted by atomic mass is 10.0. The van der Waals surface area contributed by atoms with E-state index in [0.29, 0.717) is 18.0 Å². The smallest absolute Gasteiger partial charge is 0.264 e. The van der Waals surface area contributed by atoms with Gasteiger partial charge in [0, 0.05) is 24.5 Å². The van der Waals surface area contributed by atoms with E-state index in [9.17, 15) is 18.0 Å². The van der Waals surface area contributed by atoms with E-state index in [1.165, 1.54) is 24.1 Å². The molecule has 0 aliphatic rings. The van der Waals surface area contributed by atoms with Gasteiger partial charge in [-0.25, -0.2) is 8.42 Å². The molecule has 4 aromatic rings. The van der Waals surface area contributed by atoms with Gasteiger partial charge < -0.3 is 15.0 Å². The number of anilines is 1. The van der Waals surface area contributed by atoms with Crippen LogP contribution in [0.3, 0.4) is 0 Å². The zero-order valence-corrected chi connectivity index (χ0v) is 27.3. The Labute approximate surface area is 267 Å². The molecule has 4 rings (SSSR count). The number of aryl methyl sites for hydroxylation is 1. The van der Waals surface area contributed by atoms with Crippen molar-refractivity contribution in [3.05, 3.63) is 124 Å². The number of ether oxygens (including phenoxy) is 1. The quantitative estimate of drug-likeness (QED) is 0.195. The molecule has 0 aliphatic carbocycles. The number of hydrogen-bond donors (Lipinski definition) is 1. The topological polar surface area (TPSA) is 96.0 Å². The van der Waals surface area contributed by atoms with Crippen LogP contribution in [-0.2, 0) is 32.6 Å². The summed E-state index contributed by atoms with van der Waals surface area (Å²) in [5.41, 5.74) is 2.92. The average molecular weight is 679 g/mol. The molecular weight excluding hydrogens is 642 g/mol. The zero-order valence-electron chi connectivity index (χ0n) is 24.9. The first kappa shape index (κ1) is 32.8. The molecule has 0 fully saturated rings. The third-order valence-corrected chi connectivity index (χ3v) is 9.36. The second kappa shape index (κ2) is 15.0. The van der Waals surface area contributed by atoms with Crippen LogP contribution < -0.4 is 14.4 Å². The molecule has 8 nitrogen and oxygen atoms in total. The zero-order chi connectivity index (χ0) is 31.7. The number of carbonyl (C=O) groups is 2. The monoisotopic (exact) mass is 677 g/mol. The summed E-state index contributed by atoms with van der Waals surface area (Å²) < 4.78 is 35.7. The lowest BCUT2D eigenvalue weighted by molar-refractivity contribution is -0.139. The van der Waals surface area contributed by atoms with Gasteiger partial charge in [-0.3, -0.25) is 13.9 Å². The fourth-order valence-electron chi connectivity index (χ4n) is 4.79. The molecule has 1 N–H and O–H groups in total. The number of sulfonamides is 1. The van der Waals surface area contributed by atoms with E-state index in [-0.39, 0.29) is 23.8 Å². The van der Waals surface area contributed by atoms with Crippen LogP contribution in [0.4, 0.5) is 5.69 Å². The van der Waals surface area contributed by atoms with Gasteiger partial charge >= 0.3 is 0 Å². The second-order valence-electron chi connectivity index (χ2n) is 10.2. The van der Waals surface area contributed by atoms with E-state index >= 15 is 0 Å². The summed E-state index contributed by atoms with van der Waals surface area (Å²) in [6, 6.07) is 29.0. The molecular formula is C34H36BrN3O5S. The maximum absolute atomic E-state index is 14.4. The number of nitrogens with one attached hydrogen (secondary N) is 1. The summed E-state index contributed by atoms with van der Waals surface area (Å²) in [6.07, 6.45) is 0.246. The molecule has 44 heavy (non-hydrogen) atoms. The number of likely N-dealkylation sites (N-methyl/N-ethyl adjacent to an activating group) is 1. The largest absolute Gasteiger partial charge is 0.494 e. The summed E-state index contributed by atoms with van der Waals surface area (Å²) in [7, 11) is -2.67. The Balaban J connectivity index is 1.77. The molecule has 2 amide bonds. The highest BCUT2D eigenvalue weighted by Gasteiger charge is 2.34. The molecule has 4 aromatic carbocycles. The van der Waals surface area contributed by atoms with Crippen molar-refractivity contribution in [3.8, 4) is 5.75 Å². The molecule has 1 atom stereocenters. The standard InChI is InChI=1S/C34H36BrN3O5S/c1-4-43-30-17-19-31(20-18-30)44(41,42)38(29-15-13-25(2)14-16-29)24-33(39)37(23-27-11-8-12-28(35)21-27)32(34(40)36-3)22-26-9-6-5-7-10-26/h5-21,32H,4,22-24H2,1-3H3,(H,36,40)/t32-/m0/s1. The molecule has 230 valence electrons. The van der Waals surface area contributed by atoms with Crippen LogP contribution in [0.5, 0.6) is 5.75 Å². The van der Waals surface area contributed by atoms with Crippen molar-refractivity contribution in [1.82, 2.24) is 10.2 Å². The molecule has 0 aliphatic heterocycles. The van der Waals surface area contributed by atoms with Crippen molar-refractivity contribution in [2.75, 3.05) is 24.5 Å². The number of carbonyl (C=O) groups excluding carboxylic acids is 2. The van der Waals surface area contributed by atoms with Gasteiger partial charge in [0.05, 0.1) is 17.2 Å². The van der Waals surface area contributed by atoms with Gasteiger partial charge in [-0.15, -0.1) is 0 Å². The van der Waals surface area contributed by atoms with Crippen LogP contribution in [0.15, 0.2) is 112 Å². The van der Waals surface area contributed by atoms with Gasteiger partial charge in [-0.2, -0.15) is 0 Å². The van der Waals surface area contributed by atoms with Gasteiger partial charge in [-0.1, -0.05) is 76.1 Å². The molecule has 0 saturated heterocycles. The Kier molecular flexibility index (Phi) is 11.2. The van der Waals surface area contributed by atoms with E-state index in [1.807, 2.05) is 68.4 Å². The lowest BCUT2D eigenvalue weighted by Crippen LogP contribution is -2.53. The molecule has 0 saturated carbocycles. The normalized spacial score (nSPS) is 11.8. The van der Waals surface area contributed by atoms with E-state index in [2.05, 4.69) is 21.2 Å². The maximum atomic E-state index is 14.4. The van der Waals surface area contributed by atoms with E-state index in [1.54, 1.807) is 36.4 Å². The molecule has 0 aromatic heterocycles. The highest BCUT2D eigenvalue weighted by atomic mass is 79.9. The van der Waals surface area contributed by atoms with Gasteiger partial charge in [0.25, 0.3) is 10.0 Å². The van der Waals surface area contributed by atoms with Crippen molar-refractivity contribution in [2.24, 2.45) is 0 Å². The lowest BCUT2D eigenvalue weighted by Gasteiger charge is -2.33. The molecule has 0 unspecified atom stereocenters. The van der Waals surface area contributed by atoms with E-state index in [4.69, 9.17) is 4.74 Å². The summed E-state index contributed by atoms with van der Waals surface area (Å²) in [4.78, 5) is 29.2. The van der Waals surface area contributed by atoms with E-state index < -0.39 is 28.5 Å². The van der Waals surface area contributed by atoms with Crippen LogP contribution in [0, 0.1) is 6.92 Å². The molecule has 0 heterocycles. The highest BCUT2D eigenvalue weighted by molar-refractivity contribution is 9.10. The van der Waals surface area contributed by atoms with Crippen LogP contribution in [0.1, 0.15) is 23.6 Å². The Bertz CT molecular complexity index is 1660. The summed E-state index contributed by atoms with van der Waals surface area (Å²) in [5, 5.41) is 2.69. The number of amides is 2. The maximum Gasteiger partial charge on any atom is 0.264 e. The minimum absolute atomic E-state index is 0.0139. The minimum atomic E-state index is -4.20. The SMILES string of the molecule is CCOc1ccc(S(=O)(=O)N(CC(=O)N(Cc2cccc(Br)c2)[C@@H](Cc2ccccc2)C(=O)NC)c2ccc(C)cc2)cc1. The summed E-state index contributed by atoms with van der Waals surface area (Å²) in [5.74, 6) is -0.336. The van der Waals surface area contributed by atoms with Gasteiger partial charge in [-0.05, 0) is 73.5 Å². The Hall–Kier alpha value is -4.15. The predicted molar refractivity (Wildman–Crippen MR) is 176 cm³/mol. The average Bonchev–Trinajstić information content (AvgIpc) is 3.02. The van der Waals surface area contributed by atoms with Gasteiger partial charge in [0.1, 0.15) is 18.3 Å². The molecule has 0 spiro atoms. The van der Waals surface area contributed by atoms with Crippen molar-refractivity contribution in [3.63, 3.8) is 0 Å². The summed E-state index contributed by atoms with van der Waals surface area (Å²) >= 11 is 3.49. The number of hydrogen-bond acceptors (Lipinski definition) is 5. The predicted octanol–water partition coefficient (Wildman–Crippen LogP) is 5.74. The van der Waals surface area contributed by atoms with Crippen molar-refractivity contribution in [2.45, 2.75) is 37.8 Å². The Morgan fingerprint density at radius 1 is 0.886 bits per heavy atom. The number of benzene rings is 4. The third-order valence-electron chi connectivity index (χ3n) is 7.08. The highest BCUT2D eigenvalue weighted by Crippen LogP contribution is 2.27. The van der Waals surface area contributed by atoms with Crippen LogP contribution in [0.25, 0.3) is 0 Å². The van der Waals surface area contributed by atoms with Crippen LogP contribution >= 0.6 is 15.9 Å². The van der Waals surface area contributed by atoms with Crippen LogP contribution in [0.2, 0.25) is 0 Å². The minimum Gasteiger partial charge on any atom is -0.494 e. The van der Waals surface area contributed by atoms with E-state index in [0.717, 1.165) is 25.5 Å². The Morgan fingerprint density at radius 2 is 1.55 bits per heavy atom. The fraction of sp³-hybridized carbons (Fsp3) is 0.235. The summed E-state index contributed by atoms with van der Waals surface area (Å²) in [6.45, 7) is 3.76. The van der Waals surface area contributed by atoms with Gasteiger partial charge in [0.2, 0.25) is 11.8 Å². The van der Waals surface area contributed by atoms with Crippen molar-refractivity contribution < 1.29 is 22.7 Å². The third kappa shape index (κ3) is 8.27.